The van der Waals surface area contributed by atoms with Gasteiger partial charge in [0.15, 0.2) is 0 Å². The largest absolute Gasteiger partial charge is 0.494 e. The summed E-state index contributed by atoms with van der Waals surface area (Å²) >= 11 is 7.63. The van der Waals surface area contributed by atoms with E-state index in [1.807, 2.05) is 31.2 Å². The lowest BCUT2D eigenvalue weighted by Gasteiger charge is -2.08. The summed E-state index contributed by atoms with van der Waals surface area (Å²) in [5.41, 5.74) is 2.78. The van der Waals surface area contributed by atoms with Gasteiger partial charge in [0, 0.05) is 16.3 Å². The SMILES string of the molecule is Cc1nc(-c2ccc(OCCCCCOc3ccc(C#N)cc3)cc2)c(CCCl)s1. The maximum atomic E-state index is 8.80. The number of nitriles is 1. The number of unbranched alkanes of at least 4 members (excludes halogenated alkanes) is 2. The second kappa shape index (κ2) is 11.6. The van der Waals surface area contributed by atoms with Crippen LogP contribution in [0.3, 0.4) is 0 Å². The van der Waals surface area contributed by atoms with E-state index < -0.39 is 0 Å². The van der Waals surface area contributed by atoms with Crippen molar-refractivity contribution in [1.82, 2.24) is 4.98 Å². The summed E-state index contributed by atoms with van der Waals surface area (Å²) in [5.74, 6) is 2.28. The summed E-state index contributed by atoms with van der Waals surface area (Å²) < 4.78 is 11.6. The van der Waals surface area contributed by atoms with Gasteiger partial charge in [0.2, 0.25) is 0 Å². The Balaban J connectivity index is 1.36. The molecular weight excluding hydrogens is 416 g/mol. The number of nitrogens with zero attached hydrogens (tertiary/aromatic N) is 2. The van der Waals surface area contributed by atoms with Crippen LogP contribution < -0.4 is 9.47 Å². The van der Waals surface area contributed by atoms with Crippen molar-refractivity contribution in [3.05, 3.63) is 64.0 Å². The summed E-state index contributed by atoms with van der Waals surface area (Å²) in [5, 5.41) is 9.86. The van der Waals surface area contributed by atoms with Crippen LogP contribution in [-0.2, 0) is 6.42 Å². The monoisotopic (exact) mass is 440 g/mol. The van der Waals surface area contributed by atoms with Crippen LogP contribution in [0.2, 0.25) is 0 Å². The fourth-order valence-electron chi connectivity index (χ4n) is 3.05. The van der Waals surface area contributed by atoms with Gasteiger partial charge in [-0.05, 0) is 81.1 Å². The van der Waals surface area contributed by atoms with Gasteiger partial charge in [-0.2, -0.15) is 5.26 Å². The third kappa shape index (κ3) is 6.48. The van der Waals surface area contributed by atoms with Gasteiger partial charge in [0.05, 0.1) is 35.5 Å². The Labute approximate surface area is 187 Å². The first-order chi connectivity index (χ1) is 14.7. The van der Waals surface area contributed by atoms with E-state index in [0.29, 0.717) is 24.7 Å². The molecule has 30 heavy (non-hydrogen) atoms. The van der Waals surface area contributed by atoms with Gasteiger partial charge >= 0.3 is 0 Å². The molecule has 0 aliphatic carbocycles. The van der Waals surface area contributed by atoms with Crippen molar-refractivity contribution in [3.63, 3.8) is 0 Å². The highest BCUT2D eigenvalue weighted by molar-refractivity contribution is 7.12. The first-order valence-corrected chi connectivity index (χ1v) is 11.4. The quantitative estimate of drug-likeness (QED) is 0.255. The van der Waals surface area contributed by atoms with Gasteiger partial charge in [-0.1, -0.05) is 0 Å². The summed E-state index contributed by atoms with van der Waals surface area (Å²) in [6.07, 6.45) is 3.82. The average Bonchev–Trinajstić information content (AvgIpc) is 3.14. The summed E-state index contributed by atoms with van der Waals surface area (Å²) in [4.78, 5) is 5.89. The van der Waals surface area contributed by atoms with E-state index >= 15 is 0 Å². The fraction of sp³-hybridized carbons (Fsp3) is 0.333. The third-order valence-electron chi connectivity index (χ3n) is 4.56. The second-order valence-electron chi connectivity index (χ2n) is 6.86. The summed E-state index contributed by atoms with van der Waals surface area (Å²) in [6, 6.07) is 17.4. The van der Waals surface area contributed by atoms with Crippen LogP contribution >= 0.6 is 22.9 Å². The topological polar surface area (TPSA) is 55.1 Å². The molecule has 0 bridgehead atoms. The van der Waals surface area contributed by atoms with Crippen LogP contribution in [0, 0.1) is 18.3 Å². The number of rotatable bonds is 11. The van der Waals surface area contributed by atoms with Crippen molar-refractivity contribution >= 4 is 22.9 Å². The van der Waals surface area contributed by atoms with Crippen molar-refractivity contribution in [2.45, 2.75) is 32.6 Å². The average molecular weight is 441 g/mol. The Bertz CT molecular complexity index is 962. The Morgan fingerprint density at radius 1 is 0.933 bits per heavy atom. The fourth-order valence-corrected chi connectivity index (χ4v) is 4.30. The van der Waals surface area contributed by atoms with E-state index in [1.165, 1.54) is 4.88 Å². The number of ether oxygens (including phenoxy) is 2. The Kier molecular flexibility index (Phi) is 8.55. The first kappa shape index (κ1) is 22.1. The molecule has 3 rings (SSSR count). The van der Waals surface area contributed by atoms with Crippen molar-refractivity contribution in [3.8, 4) is 28.8 Å². The van der Waals surface area contributed by atoms with Crippen molar-refractivity contribution in [2.24, 2.45) is 0 Å². The predicted molar refractivity (Wildman–Crippen MR) is 123 cm³/mol. The summed E-state index contributed by atoms with van der Waals surface area (Å²) in [6.45, 7) is 3.38. The number of thiazole rings is 1. The number of alkyl halides is 1. The third-order valence-corrected chi connectivity index (χ3v) is 5.78. The van der Waals surface area contributed by atoms with Gasteiger partial charge < -0.3 is 9.47 Å². The molecule has 0 radical (unpaired) electrons. The normalized spacial score (nSPS) is 10.6. The molecule has 0 aliphatic rings. The molecule has 0 saturated heterocycles. The summed E-state index contributed by atoms with van der Waals surface area (Å²) in [7, 11) is 0. The minimum absolute atomic E-state index is 0.605. The molecule has 156 valence electrons. The second-order valence-corrected chi connectivity index (χ2v) is 8.53. The molecule has 0 N–H and O–H groups in total. The number of hydrogen-bond acceptors (Lipinski definition) is 5. The van der Waals surface area contributed by atoms with Gasteiger partial charge in [-0.15, -0.1) is 22.9 Å². The van der Waals surface area contributed by atoms with Crippen molar-refractivity contribution in [1.29, 1.82) is 5.26 Å². The standard InChI is InChI=1S/C24H25ClN2O2S/c1-18-27-24(23(30-18)13-14-25)20-7-11-22(12-8-20)29-16-4-2-3-15-28-21-9-5-19(17-26)6-10-21/h5-12H,2-4,13-16H2,1H3. The minimum Gasteiger partial charge on any atom is -0.494 e. The number of aromatic nitrogens is 1. The van der Waals surface area contributed by atoms with Crippen molar-refractivity contribution < 1.29 is 9.47 Å². The van der Waals surface area contributed by atoms with Gasteiger partial charge in [-0.25, -0.2) is 4.98 Å². The lowest BCUT2D eigenvalue weighted by atomic mass is 10.1. The Morgan fingerprint density at radius 2 is 1.53 bits per heavy atom. The molecule has 1 heterocycles. The number of benzene rings is 2. The van der Waals surface area contributed by atoms with Crippen molar-refractivity contribution in [2.75, 3.05) is 19.1 Å². The Morgan fingerprint density at radius 3 is 2.10 bits per heavy atom. The zero-order valence-corrected chi connectivity index (χ0v) is 18.6. The van der Waals surface area contributed by atoms with Gasteiger partial charge in [0.25, 0.3) is 0 Å². The maximum absolute atomic E-state index is 8.80. The van der Waals surface area contributed by atoms with E-state index in [9.17, 15) is 0 Å². The molecule has 0 saturated carbocycles. The number of hydrogen-bond donors (Lipinski definition) is 0. The lowest BCUT2D eigenvalue weighted by Crippen LogP contribution is -2.01. The minimum atomic E-state index is 0.605. The van der Waals surface area contributed by atoms with Crippen LogP contribution in [0.25, 0.3) is 11.3 Å². The number of aryl methyl sites for hydroxylation is 2. The molecule has 0 atom stereocenters. The predicted octanol–water partition coefficient (Wildman–Crippen LogP) is 6.40. The van der Waals surface area contributed by atoms with Crippen LogP contribution in [0.15, 0.2) is 48.5 Å². The van der Waals surface area contributed by atoms with Crippen LogP contribution in [0.1, 0.15) is 34.7 Å². The van der Waals surface area contributed by atoms with Crippen LogP contribution in [0.5, 0.6) is 11.5 Å². The lowest BCUT2D eigenvalue weighted by molar-refractivity contribution is 0.279. The van der Waals surface area contributed by atoms with Crippen LogP contribution in [0.4, 0.5) is 0 Å². The van der Waals surface area contributed by atoms with Gasteiger partial charge in [0.1, 0.15) is 11.5 Å². The van der Waals surface area contributed by atoms with E-state index in [4.69, 9.17) is 26.3 Å². The molecule has 6 heteroatoms. The smallest absolute Gasteiger partial charge is 0.119 e. The highest BCUT2D eigenvalue weighted by Crippen LogP contribution is 2.30. The molecule has 0 unspecified atom stereocenters. The van der Waals surface area contributed by atoms with Gasteiger partial charge in [-0.3, -0.25) is 0 Å². The van der Waals surface area contributed by atoms with E-state index in [2.05, 4.69) is 23.2 Å². The van der Waals surface area contributed by atoms with E-state index in [0.717, 1.165) is 53.4 Å². The first-order valence-electron chi connectivity index (χ1n) is 10.1. The van der Waals surface area contributed by atoms with E-state index in [1.54, 1.807) is 23.5 Å². The zero-order chi connectivity index (χ0) is 21.2. The molecular formula is C24H25ClN2O2S. The zero-order valence-electron chi connectivity index (χ0n) is 17.1. The van der Waals surface area contributed by atoms with Crippen LogP contribution in [-0.4, -0.2) is 24.1 Å². The molecule has 0 spiro atoms. The van der Waals surface area contributed by atoms with E-state index in [-0.39, 0.29) is 0 Å². The maximum Gasteiger partial charge on any atom is 0.119 e. The molecule has 0 amide bonds. The molecule has 3 aromatic rings. The highest BCUT2D eigenvalue weighted by Gasteiger charge is 2.11. The molecule has 4 nitrogen and oxygen atoms in total. The Hall–Kier alpha value is -2.55. The number of halogens is 1. The molecule has 0 aliphatic heterocycles. The highest BCUT2D eigenvalue weighted by atomic mass is 35.5. The molecule has 1 aromatic heterocycles. The molecule has 0 fully saturated rings. The molecule has 2 aromatic carbocycles.